The first-order valence-electron chi connectivity index (χ1n) is 7.48. The van der Waals surface area contributed by atoms with Crippen molar-refractivity contribution in [2.24, 2.45) is 0 Å². The quantitative estimate of drug-likeness (QED) is 0.704. The summed E-state index contributed by atoms with van der Waals surface area (Å²) in [5.74, 6) is 0.602. The fourth-order valence-corrected chi connectivity index (χ4v) is 2.56. The van der Waals surface area contributed by atoms with Crippen LogP contribution < -0.4 is 10.1 Å². The maximum absolute atomic E-state index is 12.5. The predicted octanol–water partition coefficient (Wildman–Crippen LogP) is 5.27. The van der Waals surface area contributed by atoms with E-state index in [4.69, 9.17) is 16.3 Å². The van der Waals surface area contributed by atoms with Gasteiger partial charge in [-0.15, -0.1) is 0 Å². The molecule has 0 aliphatic heterocycles. The van der Waals surface area contributed by atoms with E-state index in [1.165, 1.54) is 0 Å². The highest BCUT2D eigenvalue weighted by Gasteiger charge is 2.09. The van der Waals surface area contributed by atoms with Gasteiger partial charge < -0.3 is 10.1 Å². The number of carbonyl (C=O) groups is 1. The highest BCUT2D eigenvalue weighted by atomic mass is 35.5. The molecule has 24 heavy (non-hydrogen) atoms. The van der Waals surface area contributed by atoms with E-state index in [0.29, 0.717) is 16.3 Å². The van der Waals surface area contributed by atoms with Gasteiger partial charge >= 0.3 is 0 Å². The summed E-state index contributed by atoms with van der Waals surface area (Å²) >= 11 is 6.08. The van der Waals surface area contributed by atoms with E-state index in [2.05, 4.69) is 5.32 Å². The van der Waals surface area contributed by atoms with Gasteiger partial charge in [-0.05, 0) is 47.5 Å². The predicted molar refractivity (Wildman–Crippen MR) is 97.8 cm³/mol. The van der Waals surface area contributed by atoms with E-state index in [1.807, 2.05) is 54.6 Å². The summed E-state index contributed by atoms with van der Waals surface area (Å²) < 4.78 is 5.17. The molecule has 0 saturated carbocycles. The maximum atomic E-state index is 12.5. The van der Waals surface area contributed by atoms with Gasteiger partial charge in [0.05, 0.1) is 17.8 Å². The molecule has 1 N–H and O–H groups in total. The molecule has 0 atom stereocenters. The van der Waals surface area contributed by atoms with Crippen molar-refractivity contribution in [1.29, 1.82) is 0 Å². The van der Waals surface area contributed by atoms with Crippen LogP contribution in [0.4, 0.5) is 5.69 Å². The highest BCUT2D eigenvalue weighted by molar-refractivity contribution is 6.33. The number of rotatable bonds is 4. The minimum Gasteiger partial charge on any atom is -0.497 e. The summed E-state index contributed by atoms with van der Waals surface area (Å²) in [6, 6.07) is 22.3. The lowest BCUT2D eigenvalue weighted by atomic mass is 10.0. The highest BCUT2D eigenvalue weighted by Crippen LogP contribution is 2.25. The van der Waals surface area contributed by atoms with Crippen LogP contribution >= 0.6 is 11.6 Å². The molecular formula is C20H16ClNO2. The molecule has 3 aromatic carbocycles. The molecular weight excluding hydrogens is 322 g/mol. The van der Waals surface area contributed by atoms with E-state index in [-0.39, 0.29) is 5.91 Å². The van der Waals surface area contributed by atoms with E-state index in [1.54, 1.807) is 25.3 Å². The van der Waals surface area contributed by atoms with Crippen molar-refractivity contribution in [3.05, 3.63) is 83.4 Å². The van der Waals surface area contributed by atoms with Crippen LogP contribution in [-0.4, -0.2) is 13.0 Å². The average molecular weight is 338 g/mol. The first-order chi connectivity index (χ1) is 11.7. The van der Waals surface area contributed by atoms with Gasteiger partial charge in [-0.25, -0.2) is 0 Å². The Morgan fingerprint density at radius 2 is 1.67 bits per heavy atom. The fraction of sp³-hybridized carbons (Fsp3) is 0.0500. The molecule has 0 saturated heterocycles. The number of hydrogen-bond donors (Lipinski definition) is 1. The van der Waals surface area contributed by atoms with Crippen LogP contribution in [-0.2, 0) is 0 Å². The SMILES string of the molecule is COc1ccc(-c2cccc(C(=O)Nc3ccccc3Cl)c2)cc1. The molecule has 0 aliphatic carbocycles. The first-order valence-corrected chi connectivity index (χ1v) is 7.85. The zero-order valence-corrected chi connectivity index (χ0v) is 13.9. The summed E-state index contributed by atoms with van der Waals surface area (Å²) in [5, 5.41) is 3.34. The molecule has 0 unspecified atom stereocenters. The first kappa shape index (κ1) is 16.1. The molecule has 4 heteroatoms. The second-order valence-corrected chi connectivity index (χ2v) is 5.65. The molecule has 0 spiro atoms. The molecule has 3 rings (SSSR count). The van der Waals surface area contributed by atoms with E-state index >= 15 is 0 Å². The van der Waals surface area contributed by atoms with Gasteiger partial charge in [0.2, 0.25) is 0 Å². The number of ether oxygens (including phenoxy) is 1. The fourth-order valence-electron chi connectivity index (χ4n) is 2.38. The summed E-state index contributed by atoms with van der Waals surface area (Å²) in [6.45, 7) is 0. The molecule has 3 nitrogen and oxygen atoms in total. The van der Waals surface area contributed by atoms with Gasteiger partial charge in [-0.2, -0.15) is 0 Å². The van der Waals surface area contributed by atoms with Crippen molar-refractivity contribution in [3.8, 4) is 16.9 Å². The van der Waals surface area contributed by atoms with Crippen LogP contribution in [0.25, 0.3) is 11.1 Å². The van der Waals surface area contributed by atoms with Gasteiger partial charge in [-0.1, -0.05) is 48.0 Å². The lowest BCUT2D eigenvalue weighted by Gasteiger charge is -2.09. The Labute approximate surface area is 145 Å². The number of anilines is 1. The van der Waals surface area contributed by atoms with Crippen LogP contribution in [0.5, 0.6) is 5.75 Å². The lowest BCUT2D eigenvalue weighted by molar-refractivity contribution is 0.102. The molecule has 0 fully saturated rings. The Balaban J connectivity index is 1.84. The van der Waals surface area contributed by atoms with Gasteiger partial charge in [0.1, 0.15) is 5.75 Å². The monoisotopic (exact) mass is 337 g/mol. The van der Waals surface area contributed by atoms with Crippen LogP contribution in [0.2, 0.25) is 5.02 Å². The number of hydrogen-bond acceptors (Lipinski definition) is 2. The van der Waals surface area contributed by atoms with Crippen LogP contribution in [0, 0.1) is 0 Å². The van der Waals surface area contributed by atoms with E-state index in [9.17, 15) is 4.79 Å². The number of methoxy groups -OCH3 is 1. The molecule has 120 valence electrons. The van der Waals surface area contributed by atoms with Gasteiger partial charge in [-0.3, -0.25) is 4.79 Å². The minimum atomic E-state index is -0.196. The molecule has 0 aromatic heterocycles. The van der Waals surface area contributed by atoms with E-state index in [0.717, 1.165) is 16.9 Å². The second kappa shape index (κ2) is 7.20. The smallest absolute Gasteiger partial charge is 0.255 e. The summed E-state index contributed by atoms with van der Waals surface area (Å²) in [7, 11) is 1.63. The number of carbonyl (C=O) groups excluding carboxylic acids is 1. The van der Waals surface area contributed by atoms with Crippen LogP contribution in [0.15, 0.2) is 72.8 Å². The Hall–Kier alpha value is -2.78. The molecule has 1 amide bonds. The maximum Gasteiger partial charge on any atom is 0.255 e. The molecule has 0 bridgehead atoms. The zero-order chi connectivity index (χ0) is 16.9. The lowest BCUT2D eigenvalue weighted by Crippen LogP contribution is -2.12. The van der Waals surface area contributed by atoms with Crippen molar-refractivity contribution in [3.63, 3.8) is 0 Å². The Morgan fingerprint density at radius 1 is 0.917 bits per heavy atom. The van der Waals surface area contributed by atoms with Crippen molar-refractivity contribution in [2.45, 2.75) is 0 Å². The number of para-hydroxylation sites is 1. The normalized spacial score (nSPS) is 10.2. The van der Waals surface area contributed by atoms with Crippen molar-refractivity contribution < 1.29 is 9.53 Å². The molecule has 0 radical (unpaired) electrons. The molecule has 0 aliphatic rings. The van der Waals surface area contributed by atoms with Crippen molar-refractivity contribution >= 4 is 23.2 Å². The van der Waals surface area contributed by atoms with Crippen molar-refractivity contribution in [1.82, 2.24) is 0 Å². The van der Waals surface area contributed by atoms with Gasteiger partial charge in [0, 0.05) is 5.56 Å². The number of nitrogens with one attached hydrogen (secondary N) is 1. The third-order valence-corrected chi connectivity index (χ3v) is 4.00. The summed E-state index contributed by atoms with van der Waals surface area (Å²) in [5.41, 5.74) is 3.15. The standard InChI is InChI=1S/C20H16ClNO2/c1-24-17-11-9-14(10-12-17)15-5-4-6-16(13-15)20(23)22-19-8-3-2-7-18(19)21/h2-13H,1H3,(H,22,23). The molecule has 0 heterocycles. The number of halogens is 1. The summed E-state index contributed by atoms with van der Waals surface area (Å²) in [4.78, 5) is 12.5. The van der Waals surface area contributed by atoms with Crippen molar-refractivity contribution in [2.75, 3.05) is 12.4 Å². The number of benzene rings is 3. The Kier molecular flexibility index (Phi) is 4.82. The number of amides is 1. The minimum absolute atomic E-state index is 0.196. The molecule has 3 aromatic rings. The van der Waals surface area contributed by atoms with Gasteiger partial charge in [0.15, 0.2) is 0 Å². The topological polar surface area (TPSA) is 38.3 Å². The third-order valence-electron chi connectivity index (χ3n) is 3.67. The largest absolute Gasteiger partial charge is 0.497 e. The third kappa shape index (κ3) is 3.58. The summed E-state index contributed by atoms with van der Waals surface area (Å²) in [6.07, 6.45) is 0. The second-order valence-electron chi connectivity index (χ2n) is 5.24. The Bertz CT molecular complexity index is 860. The van der Waals surface area contributed by atoms with E-state index < -0.39 is 0 Å². The Morgan fingerprint density at radius 3 is 2.38 bits per heavy atom. The zero-order valence-electron chi connectivity index (χ0n) is 13.1. The van der Waals surface area contributed by atoms with Crippen LogP contribution in [0.1, 0.15) is 10.4 Å². The average Bonchev–Trinajstić information content (AvgIpc) is 2.64. The van der Waals surface area contributed by atoms with Gasteiger partial charge in [0.25, 0.3) is 5.91 Å². The van der Waals surface area contributed by atoms with Crippen LogP contribution in [0.3, 0.4) is 0 Å².